The van der Waals surface area contributed by atoms with Crippen molar-refractivity contribution in [2.24, 2.45) is 0 Å². The van der Waals surface area contributed by atoms with Gasteiger partial charge in [0.25, 0.3) is 0 Å². The van der Waals surface area contributed by atoms with Gasteiger partial charge < -0.3 is 4.98 Å². The van der Waals surface area contributed by atoms with E-state index < -0.39 is 0 Å². The standard InChI is InChI=1S/C13H16N2S/c1-8-5-9(2)12(10(3)6-8)15-11(4)7-14-13(15)16/h5-7H,1-4H3,(H,14,16). The molecule has 0 amide bonds. The molecule has 2 aromatic rings. The van der Waals surface area contributed by atoms with Crippen LogP contribution in [-0.2, 0) is 0 Å². The van der Waals surface area contributed by atoms with Gasteiger partial charge in [-0.1, -0.05) is 17.7 Å². The first-order valence-corrected chi connectivity index (χ1v) is 5.77. The molecule has 84 valence electrons. The van der Waals surface area contributed by atoms with E-state index in [4.69, 9.17) is 12.2 Å². The Bertz CT molecular complexity index is 567. The first kappa shape index (κ1) is 11.1. The summed E-state index contributed by atoms with van der Waals surface area (Å²) < 4.78 is 2.85. The molecule has 2 rings (SSSR count). The maximum absolute atomic E-state index is 5.31. The lowest BCUT2D eigenvalue weighted by atomic mass is 10.0. The van der Waals surface area contributed by atoms with Gasteiger partial charge in [-0.3, -0.25) is 4.57 Å². The van der Waals surface area contributed by atoms with Gasteiger partial charge in [-0.25, -0.2) is 0 Å². The van der Waals surface area contributed by atoms with Gasteiger partial charge >= 0.3 is 0 Å². The summed E-state index contributed by atoms with van der Waals surface area (Å²) in [6, 6.07) is 4.38. The molecule has 0 atom stereocenters. The van der Waals surface area contributed by atoms with Gasteiger partial charge in [-0.15, -0.1) is 0 Å². The summed E-state index contributed by atoms with van der Waals surface area (Å²) in [4.78, 5) is 3.08. The van der Waals surface area contributed by atoms with Gasteiger partial charge in [0.1, 0.15) is 0 Å². The van der Waals surface area contributed by atoms with Gasteiger partial charge in [0.15, 0.2) is 4.77 Å². The zero-order valence-electron chi connectivity index (χ0n) is 10.1. The predicted molar refractivity (Wildman–Crippen MR) is 69.9 cm³/mol. The highest BCUT2D eigenvalue weighted by molar-refractivity contribution is 7.71. The van der Waals surface area contributed by atoms with Crippen molar-refractivity contribution in [2.75, 3.05) is 0 Å². The lowest BCUT2D eigenvalue weighted by Crippen LogP contribution is -2.02. The Balaban J connectivity index is 2.79. The zero-order valence-corrected chi connectivity index (χ0v) is 10.9. The highest BCUT2D eigenvalue weighted by atomic mass is 32.1. The highest BCUT2D eigenvalue weighted by Crippen LogP contribution is 2.22. The van der Waals surface area contributed by atoms with E-state index in [1.165, 1.54) is 22.4 Å². The van der Waals surface area contributed by atoms with Gasteiger partial charge in [0.2, 0.25) is 0 Å². The fourth-order valence-electron chi connectivity index (χ4n) is 2.26. The van der Waals surface area contributed by atoms with E-state index in [-0.39, 0.29) is 0 Å². The van der Waals surface area contributed by atoms with Crippen molar-refractivity contribution in [3.8, 4) is 5.69 Å². The van der Waals surface area contributed by atoms with Crippen LogP contribution >= 0.6 is 12.2 Å². The van der Waals surface area contributed by atoms with Crippen LogP contribution in [0, 0.1) is 32.5 Å². The summed E-state index contributed by atoms with van der Waals surface area (Å²) in [5.41, 5.74) is 6.15. The highest BCUT2D eigenvalue weighted by Gasteiger charge is 2.09. The van der Waals surface area contributed by atoms with Crippen molar-refractivity contribution in [3.63, 3.8) is 0 Å². The Kier molecular flexibility index (Phi) is 2.72. The number of hydrogen-bond donors (Lipinski definition) is 1. The maximum atomic E-state index is 5.31. The SMILES string of the molecule is Cc1cc(C)c(-n2c(C)c[nH]c2=S)c(C)c1. The molecule has 1 aromatic heterocycles. The molecule has 0 radical (unpaired) electrons. The molecule has 0 aliphatic carbocycles. The fraction of sp³-hybridized carbons (Fsp3) is 0.308. The van der Waals surface area contributed by atoms with Crippen molar-refractivity contribution >= 4 is 12.2 Å². The van der Waals surface area contributed by atoms with Crippen molar-refractivity contribution in [3.05, 3.63) is 45.5 Å². The molecule has 0 fully saturated rings. The minimum absolute atomic E-state index is 0.757. The Morgan fingerprint density at radius 3 is 2.06 bits per heavy atom. The van der Waals surface area contributed by atoms with Crippen LogP contribution in [0.5, 0.6) is 0 Å². The van der Waals surface area contributed by atoms with Gasteiger partial charge in [-0.2, -0.15) is 0 Å². The summed E-state index contributed by atoms with van der Waals surface area (Å²) in [6.07, 6.45) is 1.95. The molecule has 3 heteroatoms. The number of rotatable bonds is 1. The first-order valence-electron chi connectivity index (χ1n) is 5.36. The van der Waals surface area contributed by atoms with E-state index in [0.29, 0.717) is 0 Å². The molecule has 1 heterocycles. The predicted octanol–water partition coefficient (Wildman–Crippen LogP) is 3.77. The van der Waals surface area contributed by atoms with E-state index in [0.717, 1.165) is 10.5 Å². The van der Waals surface area contributed by atoms with Crippen LogP contribution in [0.15, 0.2) is 18.3 Å². The Hall–Kier alpha value is -1.35. The summed E-state index contributed by atoms with van der Waals surface area (Å²) in [5, 5.41) is 0. The molecule has 0 bridgehead atoms. The number of nitrogens with one attached hydrogen (secondary N) is 1. The smallest absolute Gasteiger partial charge is 0.182 e. The molecule has 2 nitrogen and oxygen atoms in total. The van der Waals surface area contributed by atoms with Crippen molar-refractivity contribution < 1.29 is 0 Å². The molecular formula is C13H16N2S. The molecule has 0 spiro atoms. The van der Waals surface area contributed by atoms with Crippen LogP contribution in [0.4, 0.5) is 0 Å². The van der Waals surface area contributed by atoms with Crippen LogP contribution in [0.2, 0.25) is 0 Å². The molecule has 0 aliphatic heterocycles. The number of benzene rings is 1. The molecule has 1 aromatic carbocycles. The molecule has 1 N–H and O–H groups in total. The van der Waals surface area contributed by atoms with Gasteiger partial charge in [0, 0.05) is 11.9 Å². The number of aromatic amines is 1. The Labute approximate surface area is 101 Å². The second kappa shape index (κ2) is 3.91. The average molecular weight is 232 g/mol. The van der Waals surface area contributed by atoms with Crippen molar-refractivity contribution in [1.29, 1.82) is 0 Å². The molecular weight excluding hydrogens is 216 g/mol. The third-order valence-electron chi connectivity index (χ3n) is 2.82. The van der Waals surface area contributed by atoms with Crippen LogP contribution in [0.1, 0.15) is 22.4 Å². The van der Waals surface area contributed by atoms with Crippen LogP contribution in [0.3, 0.4) is 0 Å². The summed E-state index contributed by atoms with van der Waals surface area (Å²) in [6.45, 7) is 8.44. The number of aryl methyl sites for hydroxylation is 4. The average Bonchev–Trinajstić information content (AvgIpc) is 2.47. The Morgan fingerprint density at radius 2 is 1.62 bits per heavy atom. The summed E-state index contributed by atoms with van der Waals surface area (Å²) in [5.74, 6) is 0. The van der Waals surface area contributed by atoms with Crippen LogP contribution < -0.4 is 0 Å². The minimum Gasteiger partial charge on any atom is -0.337 e. The van der Waals surface area contributed by atoms with E-state index in [1.54, 1.807) is 0 Å². The number of imidazole rings is 1. The van der Waals surface area contributed by atoms with E-state index in [2.05, 4.69) is 49.4 Å². The quantitative estimate of drug-likeness (QED) is 0.742. The van der Waals surface area contributed by atoms with Gasteiger partial charge in [-0.05, 0) is 51.0 Å². The lowest BCUT2D eigenvalue weighted by molar-refractivity contribution is 0.958. The minimum atomic E-state index is 0.757. The van der Waals surface area contributed by atoms with Crippen molar-refractivity contribution in [2.45, 2.75) is 27.7 Å². The van der Waals surface area contributed by atoms with E-state index in [9.17, 15) is 0 Å². The lowest BCUT2D eigenvalue weighted by Gasteiger charge is -2.13. The third kappa shape index (κ3) is 1.71. The van der Waals surface area contributed by atoms with Crippen LogP contribution in [-0.4, -0.2) is 9.55 Å². The molecule has 0 aliphatic rings. The normalized spacial score (nSPS) is 10.8. The van der Waals surface area contributed by atoms with Gasteiger partial charge in [0.05, 0.1) is 5.69 Å². The van der Waals surface area contributed by atoms with E-state index >= 15 is 0 Å². The molecule has 16 heavy (non-hydrogen) atoms. The largest absolute Gasteiger partial charge is 0.337 e. The fourth-order valence-corrected chi connectivity index (χ4v) is 2.55. The van der Waals surface area contributed by atoms with Crippen LogP contribution in [0.25, 0.3) is 5.69 Å². The molecule has 0 saturated heterocycles. The number of H-pyrrole nitrogens is 1. The number of nitrogens with zero attached hydrogens (tertiary/aromatic N) is 1. The maximum Gasteiger partial charge on any atom is 0.182 e. The second-order valence-electron chi connectivity index (χ2n) is 4.32. The monoisotopic (exact) mass is 232 g/mol. The van der Waals surface area contributed by atoms with Crippen molar-refractivity contribution in [1.82, 2.24) is 9.55 Å². The molecule has 0 saturated carbocycles. The summed E-state index contributed by atoms with van der Waals surface area (Å²) >= 11 is 5.31. The third-order valence-corrected chi connectivity index (χ3v) is 3.12. The number of aromatic nitrogens is 2. The zero-order chi connectivity index (χ0) is 11.9. The molecule has 0 unspecified atom stereocenters. The number of hydrogen-bond acceptors (Lipinski definition) is 1. The second-order valence-corrected chi connectivity index (χ2v) is 4.70. The van der Waals surface area contributed by atoms with E-state index in [1.807, 2.05) is 6.20 Å². The topological polar surface area (TPSA) is 20.7 Å². The summed E-state index contributed by atoms with van der Waals surface area (Å²) in [7, 11) is 0. The Morgan fingerprint density at radius 1 is 1.06 bits per heavy atom. The first-order chi connectivity index (χ1) is 7.50.